The van der Waals surface area contributed by atoms with Crippen LogP contribution in [0.15, 0.2) is 23.6 Å². The van der Waals surface area contributed by atoms with E-state index in [1.54, 1.807) is 0 Å². The number of aryl methyl sites for hydroxylation is 2. The molecule has 21 heavy (non-hydrogen) atoms. The number of aromatic nitrogens is 1. The second kappa shape index (κ2) is 6.49. The molecule has 0 unspecified atom stereocenters. The van der Waals surface area contributed by atoms with Crippen LogP contribution in [0.4, 0.5) is 0 Å². The van der Waals surface area contributed by atoms with Crippen LogP contribution in [0.3, 0.4) is 0 Å². The number of amides is 1. The summed E-state index contributed by atoms with van der Waals surface area (Å²) in [7, 11) is 0. The number of carboxylic acid groups (broad SMARTS) is 1. The molecule has 0 spiro atoms. The van der Waals surface area contributed by atoms with Crippen LogP contribution in [0.1, 0.15) is 37.0 Å². The minimum atomic E-state index is -1.03. The minimum Gasteiger partial charge on any atom is -0.476 e. The Morgan fingerprint density at radius 3 is 2.52 bits per heavy atom. The highest BCUT2D eigenvalue weighted by Gasteiger charge is 2.12. The molecule has 110 valence electrons. The molecule has 0 saturated carbocycles. The first kappa shape index (κ1) is 15.2. The zero-order valence-electron chi connectivity index (χ0n) is 11.8. The molecule has 1 heterocycles. The van der Waals surface area contributed by atoms with Gasteiger partial charge in [-0.1, -0.05) is 18.2 Å². The lowest BCUT2D eigenvalue weighted by Crippen LogP contribution is -2.27. The van der Waals surface area contributed by atoms with Gasteiger partial charge in [0.25, 0.3) is 5.91 Å². The molecule has 0 saturated heterocycles. The predicted octanol–water partition coefficient (Wildman–Crippen LogP) is 2.43. The van der Waals surface area contributed by atoms with Gasteiger partial charge in [0.2, 0.25) is 0 Å². The molecule has 6 heteroatoms. The summed E-state index contributed by atoms with van der Waals surface area (Å²) >= 11 is 1.29. The van der Waals surface area contributed by atoms with Gasteiger partial charge < -0.3 is 10.4 Å². The number of carbonyl (C=O) groups is 2. The molecular formula is C15H16N2O3S. The molecule has 2 rings (SSSR count). The van der Waals surface area contributed by atoms with Crippen molar-refractivity contribution < 1.29 is 14.7 Å². The lowest BCUT2D eigenvalue weighted by atomic mass is 10.0. The molecule has 2 aromatic rings. The molecule has 0 bridgehead atoms. The Hall–Kier alpha value is -2.21. The van der Waals surface area contributed by atoms with E-state index in [4.69, 9.17) is 5.11 Å². The standard InChI is InChI=1S/C15H16N2O3S/c1-9-4-3-5-10(2)13(9)14(18)16-7-6-12-17-11(8-21-12)15(19)20/h3-5,8H,6-7H2,1-2H3,(H,16,18)(H,19,20). The number of thiazole rings is 1. The molecule has 0 radical (unpaired) electrons. The van der Waals surface area contributed by atoms with Crippen LogP contribution in [-0.4, -0.2) is 28.5 Å². The van der Waals surface area contributed by atoms with E-state index in [9.17, 15) is 9.59 Å². The number of benzene rings is 1. The summed E-state index contributed by atoms with van der Waals surface area (Å²) in [5, 5.41) is 13.9. The fourth-order valence-electron chi connectivity index (χ4n) is 2.07. The van der Waals surface area contributed by atoms with Gasteiger partial charge >= 0.3 is 5.97 Å². The van der Waals surface area contributed by atoms with Crippen molar-refractivity contribution in [3.8, 4) is 0 Å². The van der Waals surface area contributed by atoms with Crippen LogP contribution >= 0.6 is 11.3 Å². The van der Waals surface area contributed by atoms with Crippen molar-refractivity contribution in [2.24, 2.45) is 0 Å². The first-order chi connectivity index (χ1) is 9.99. The summed E-state index contributed by atoms with van der Waals surface area (Å²) in [4.78, 5) is 26.9. The lowest BCUT2D eigenvalue weighted by Gasteiger charge is -2.09. The lowest BCUT2D eigenvalue weighted by molar-refractivity contribution is 0.0690. The fraction of sp³-hybridized carbons (Fsp3) is 0.267. The number of nitrogens with one attached hydrogen (secondary N) is 1. The van der Waals surface area contributed by atoms with Crippen molar-refractivity contribution in [1.29, 1.82) is 0 Å². The van der Waals surface area contributed by atoms with Crippen LogP contribution in [0.25, 0.3) is 0 Å². The minimum absolute atomic E-state index is 0.0519. The van der Waals surface area contributed by atoms with Gasteiger partial charge in [-0.2, -0.15) is 0 Å². The highest BCUT2D eigenvalue weighted by Crippen LogP contribution is 2.13. The molecular weight excluding hydrogens is 288 g/mol. The van der Waals surface area contributed by atoms with E-state index >= 15 is 0 Å². The number of carboxylic acids is 1. The van der Waals surface area contributed by atoms with Crippen LogP contribution in [0.5, 0.6) is 0 Å². The third kappa shape index (κ3) is 3.66. The average Bonchev–Trinajstić information content (AvgIpc) is 2.87. The summed E-state index contributed by atoms with van der Waals surface area (Å²) in [5.74, 6) is -1.14. The van der Waals surface area contributed by atoms with E-state index in [1.165, 1.54) is 16.7 Å². The van der Waals surface area contributed by atoms with Gasteiger partial charge in [-0.15, -0.1) is 11.3 Å². The van der Waals surface area contributed by atoms with Gasteiger partial charge in [0.15, 0.2) is 5.69 Å². The van der Waals surface area contributed by atoms with Crippen LogP contribution in [-0.2, 0) is 6.42 Å². The molecule has 1 aromatic heterocycles. The normalized spacial score (nSPS) is 10.4. The quantitative estimate of drug-likeness (QED) is 0.889. The third-order valence-electron chi connectivity index (χ3n) is 3.10. The van der Waals surface area contributed by atoms with Gasteiger partial charge in [0, 0.05) is 23.9 Å². The summed E-state index contributed by atoms with van der Waals surface area (Å²) in [6.07, 6.45) is 0.522. The van der Waals surface area contributed by atoms with Gasteiger partial charge in [-0.25, -0.2) is 9.78 Å². The largest absolute Gasteiger partial charge is 0.476 e. The van der Waals surface area contributed by atoms with E-state index in [0.717, 1.165) is 11.1 Å². The van der Waals surface area contributed by atoms with Crippen molar-refractivity contribution in [3.63, 3.8) is 0 Å². The Morgan fingerprint density at radius 2 is 1.95 bits per heavy atom. The zero-order chi connectivity index (χ0) is 15.4. The van der Waals surface area contributed by atoms with E-state index < -0.39 is 5.97 Å². The second-order valence-electron chi connectivity index (χ2n) is 4.70. The number of rotatable bonds is 5. The topological polar surface area (TPSA) is 79.3 Å². The Balaban J connectivity index is 1.94. The first-order valence-electron chi connectivity index (χ1n) is 6.51. The maximum atomic E-state index is 12.2. The van der Waals surface area contributed by atoms with E-state index in [0.29, 0.717) is 23.5 Å². The molecule has 1 aromatic carbocycles. The molecule has 2 N–H and O–H groups in total. The van der Waals surface area contributed by atoms with E-state index in [1.807, 2.05) is 32.0 Å². The maximum Gasteiger partial charge on any atom is 0.355 e. The van der Waals surface area contributed by atoms with E-state index in [-0.39, 0.29) is 11.6 Å². The number of nitrogens with zero attached hydrogens (tertiary/aromatic N) is 1. The third-order valence-corrected chi connectivity index (χ3v) is 4.01. The maximum absolute atomic E-state index is 12.2. The number of hydrogen-bond donors (Lipinski definition) is 2. The van der Waals surface area contributed by atoms with Crippen LogP contribution < -0.4 is 5.32 Å². The van der Waals surface area contributed by atoms with E-state index in [2.05, 4.69) is 10.3 Å². The van der Waals surface area contributed by atoms with Crippen molar-refractivity contribution >= 4 is 23.2 Å². The van der Waals surface area contributed by atoms with Gasteiger partial charge in [-0.05, 0) is 25.0 Å². The van der Waals surface area contributed by atoms with Crippen molar-refractivity contribution in [2.75, 3.05) is 6.54 Å². The van der Waals surface area contributed by atoms with Gasteiger partial charge in [0.1, 0.15) is 0 Å². The van der Waals surface area contributed by atoms with Gasteiger partial charge in [-0.3, -0.25) is 4.79 Å². The SMILES string of the molecule is Cc1cccc(C)c1C(=O)NCCc1nc(C(=O)O)cs1. The smallest absolute Gasteiger partial charge is 0.355 e. The van der Waals surface area contributed by atoms with Crippen LogP contribution in [0.2, 0.25) is 0 Å². The molecule has 1 amide bonds. The fourth-order valence-corrected chi connectivity index (χ4v) is 2.84. The number of carbonyl (C=O) groups excluding carboxylic acids is 1. The number of aromatic carboxylic acids is 1. The molecule has 5 nitrogen and oxygen atoms in total. The predicted molar refractivity (Wildman–Crippen MR) is 81.0 cm³/mol. The molecule has 0 aliphatic rings. The summed E-state index contributed by atoms with van der Waals surface area (Å²) in [6.45, 7) is 4.24. The zero-order valence-corrected chi connectivity index (χ0v) is 12.7. The summed E-state index contributed by atoms with van der Waals surface area (Å²) in [5.41, 5.74) is 2.63. The Labute approximate surface area is 126 Å². The Bertz CT molecular complexity index is 659. The second-order valence-corrected chi connectivity index (χ2v) is 5.65. The molecule has 0 fully saturated rings. The van der Waals surface area contributed by atoms with Gasteiger partial charge in [0.05, 0.1) is 5.01 Å². The Morgan fingerprint density at radius 1 is 1.29 bits per heavy atom. The molecule has 0 atom stereocenters. The highest BCUT2D eigenvalue weighted by atomic mass is 32.1. The monoisotopic (exact) mass is 304 g/mol. The highest BCUT2D eigenvalue weighted by molar-refractivity contribution is 7.09. The molecule has 0 aliphatic heterocycles. The number of hydrogen-bond acceptors (Lipinski definition) is 4. The summed E-state index contributed by atoms with van der Waals surface area (Å²) in [6, 6.07) is 5.73. The van der Waals surface area contributed by atoms with Crippen molar-refractivity contribution in [2.45, 2.75) is 20.3 Å². The van der Waals surface area contributed by atoms with Crippen LogP contribution in [0, 0.1) is 13.8 Å². The first-order valence-corrected chi connectivity index (χ1v) is 7.39. The van der Waals surface area contributed by atoms with Crippen molar-refractivity contribution in [3.05, 3.63) is 51.0 Å². The molecule has 0 aliphatic carbocycles. The summed E-state index contributed by atoms with van der Waals surface area (Å²) < 4.78 is 0. The Kier molecular flexibility index (Phi) is 4.70. The average molecular weight is 304 g/mol. The van der Waals surface area contributed by atoms with Crippen molar-refractivity contribution in [1.82, 2.24) is 10.3 Å².